The number of nitrogens with zero attached hydrogens (tertiary/aromatic N) is 1. The number of sulfone groups is 1. The summed E-state index contributed by atoms with van der Waals surface area (Å²) < 4.78 is 49.4. The molecule has 1 aromatic rings. The third-order valence-corrected chi connectivity index (χ3v) is 6.09. The number of sulfonamides is 1. The maximum atomic E-state index is 12.1. The maximum Gasteiger partial charge on any atom is 0.242 e. The highest BCUT2D eigenvalue weighted by atomic mass is 35.5. The van der Waals surface area contributed by atoms with Crippen molar-refractivity contribution in [3.63, 3.8) is 0 Å². The second kappa shape index (κ2) is 8.39. The molecular formula is C13H22ClN3O4S2. The molecule has 1 fully saturated rings. The van der Waals surface area contributed by atoms with Crippen molar-refractivity contribution < 1.29 is 16.8 Å². The zero-order valence-electron chi connectivity index (χ0n) is 12.9. The van der Waals surface area contributed by atoms with Gasteiger partial charge in [0.05, 0.1) is 0 Å². The number of aromatic nitrogens is 1. The molecule has 0 saturated carbocycles. The fourth-order valence-electron chi connectivity index (χ4n) is 2.40. The first-order chi connectivity index (χ1) is 10.3. The monoisotopic (exact) mass is 383 g/mol. The van der Waals surface area contributed by atoms with Crippen LogP contribution in [-0.2, 0) is 19.9 Å². The molecule has 23 heavy (non-hydrogen) atoms. The molecule has 1 atom stereocenters. The first-order valence-corrected chi connectivity index (χ1v) is 10.5. The van der Waals surface area contributed by atoms with E-state index in [2.05, 4.69) is 15.0 Å². The summed E-state index contributed by atoms with van der Waals surface area (Å²) in [5.41, 5.74) is 0. The molecule has 10 heteroatoms. The van der Waals surface area contributed by atoms with Gasteiger partial charge in [-0.15, -0.1) is 12.4 Å². The number of rotatable bonds is 6. The third-order valence-electron chi connectivity index (χ3n) is 3.64. The van der Waals surface area contributed by atoms with Crippen molar-refractivity contribution in [2.24, 2.45) is 5.92 Å². The Labute approximate surface area is 143 Å². The number of hydrogen-bond donors (Lipinski definition) is 2. The first-order valence-electron chi connectivity index (χ1n) is 7.15. The second-order valence-electron chi connectivity index (χ2n) is 5.50. The highest BCUT2D eigenvalue weighted by Crippen LogP contribution is 2.14. The van der Waals surface area contributed by atoms with Gasteiger partial charge in [0, 0.05) is 19.0 Å². The van der Waals surface area contributed by atoms with E-state index in [1.807, 2.05) is 0 Å². The molecule has 1 aliphatic rings. The summed E-state index contributed by atoms with van der Waals surface area (Å²) >= 11 is 0. The SMILES string of the molecule is CS(=O)(=O)c1ccc(S(=O)(=O)NCCC2CCCNC2)cn1.Cl. The molecule has 132 valence electrons. The van der Waals surface area contributed by atoms with Crippen LogP contribution >= 0.6 is 12.4 Å². The Kier molecular flexibility index (Phi) is 7.40. The number of piperidine rings is 1. The fraction of sp³-hybridized carbons (Fsp3) is 0.615. The van der Waals surface area contributed by atoms with E-state index in [0.717, 1.165) is 44.8 Å². The topological polar surface area (TPSA) is 105 Å². The zero-order chi connectivity index (χ0) is 16.2. The van der Waals surface area contributed by atoms with Gasteiger partial charge in [0.1, 0.15) is 4.90 Å². The Hall–Kier alpha value is -0.740. The van der Waals surface area contributed by atoms with E-state index in [0.29, 0.717) is 12.5 Å². The summed E-state index contributed by atoms with van der Waals surface area (Å²) in [7, 11) is -7.08. The van der Waals surface area contributed by atoms with Gasteiger partial charge in [0.25, 0.3) is 0 Å². The third kappa shape index (κ3) is 6.00. The Morgan fingerprint density at radius 1 is 1.30 bits per heavy atom. The molecule has 0 spiro atoms. The summed E-state index contributed by atoms with van der Waals surface area (Å²) in [6.45, 7) is 2.31. The van der Waals surface area contributed by atoms with Crippen LogP contribution < -0.4 is 10.0 Å². The molecule has 1 saturated heterocycles. The van der Waals surface area contributed by atoms with Crippen LogP contribution in [0, 0.1) is 5.92 Å². The van der Waals surface area contributed by atoms with E-state index in [-0.39, 0.29) is 22.3 Å². The molecule has 2 N–H and O–H groups in total. The molecule has 0 aliphatic carbocycles. The fourth-order valence-corrected chi connectivity index (χ4v) is 3.95. The Morgan fingerprint density at radius 3 is 2.57 bits per heavy atom. The van der Waals surface area contributed by atoms with Gasteiger partial charge in [0.2, 0.25) is 10.0 Å². The molecule has 2 rings (SSSR count). The molecular weight excluding hydrogens is 362 g/mol. The lowest BCUT2D eigenvalue weighted by Crippen LogP contribution is -2.33. The molecule has 0 radical (unpaired) electrons. The predicted molar refractivity (Wildman–Crippen MR) is 90.0 cm³/mol. The van der Waals surface area contributed by atoms with Crippen LogP contribution in [0.25, 0.3) is 0 Å². The Balaban J connectivity index is 0.00000264. The Morgan fingerprint density at radius 2 is 2.04 bits per heavy atom. The van der Waals surface area contributed by atoms with Gasteiger partial charge in [-0.3, -0.25) is 0 Å². The molecule has 1 unspecified atom stereocenters. The molecule has 7 nitrogen and oxygen atoms in total. The number of hydrogen-bond acceptors (Lipinski definition) is 6. The molecule has 0 amide bonds. The van der Waals surface area contributed by atoms with Crippen molar-refractivity contribution >= 4 is 32.3 Å². The van der Waals surface area contributed by atoms with Gasteiger partial charge < -0.3 is 5.32 Å². The quantitative estimate of drug-likeness (QED) is 0.744. The zero-order valence-corrected chi connectivity index (χ0v) is 15.3. The lowest BCUT2D eigenvalue weighted by molar-refractivity contribution is 0.358. The summed E-state index contributed by atoms with van der Waals surface area (Å²) in [6.07, 6.45) is 5.11. The summed E-state index contributed by atoms with van der Waals surface area (Å²) in [4.78, 5) is 3.67. The van der Waals surface area contributed by atoms with E-state index in [1.54, 1.807) is 0 Å². The number of nitrogens with one attached hydrogen (secondary N) is 2. The lowest BCUT2D eigenvalue weighted by Gasteiger charge is -2.22. The summed E-state index contributed by atoms with van der Waals surface area (Å²) in [6, 6.07) is 2.46. The average molecular weight is 384 g/mol. The minimum atomic E-state index is -3.65. The van der Waals surface area contributed by atoms with Crippen LogP contribution in [0.3, 0.4) is 0 Å². The number of halogens is 1. The normalized spacial score (nSPS) is 19.1. The summed E-state index contributed by atoms with van der Waals surface area (Å²) in [5, 5.41) is 3.15. The van der Waals surface area contributed by atoms with Crippen molar-refractivity contribution in [2.45, 2.75) is 29.2 Å². The van der Waals surface area contributed by atoms with Crippen molar-refractivity contribution in [1.82, 2.24) is 15.0 Å². The lowest BCUT2D eigenvalue weighted by atomic mass is 9.96. The van der Waals surface area contributed by atoms with E-state index >= 15 is 0 Å². The average Bonchev–Trinajstić information content (AvgIpc) is 2.47. The van der Waals surface area contributed by atoms with Gasteiger partial charge in [-0.25, -0.2) is 26.5 Å². The van der Waals surface area contributed by atoms with E-state index in [1.165, 1.54) is 12.1 Å². The van der Waals surface area contributed by atoms with Crippen molar-refractivity contribution in [3.8, 4) is 0 Å². The maximum absolute atomic E-state index is 12.1. The highest BCUT2D eigenvalue weighted by Gasteiger charge is 2.18. The molecule has 1 aliphatic heterocycles. The minimum Gasteiger partial charge on any atom is -0.316 e. The smallest absolute Gasteiger partial charge is 0.242 e. The standard InChI is InChI=1S/C13H21N3O4S2.ClH/c1-21(17,18)13-5-4-12(10-15-13)22(19,20)16-8-6-11-3-2-7-14-9-11;/h4-5,10-11,14,16H,2-3,6-9H2,1H3;1H. The number of pyridine rings is 1. The van der Waals surface area contributed by atoms with Gasteiger partial charge in [0.15, 0.2) is 14.9 Å². The highest BCUT2D eigenvalue weighted by molar-refractivity contribution is 7.90. The van der Waals surface area contributed by atoms with Gasteiger partial charge >= 0.3 is 0 Å². The molecule has 0 bridgehead atoms. The van der Waals surface area contributed by atoms with E-state index in [9.17, 15) is 16.8 Å². The van der Waals surface area contributed by atoms with Gasteiger partial charge in [-0.1, -0.05) is 0 Å². The molecule has 0 aromatic carbocycles. The second-order valence-corrected chi connectivity index (χ2v) is 9.23. The molecule has 2 heterocycles. The van der Waals surface area contributed by atoms with E-state index in [4.69, 9.17) is 0 Å². The van der Waals surface area contributed by atoms with Crippen LogP contribution in [0.1, 0.15) is 19.3 Å². The largest absolute Gasteiger partial charge is 0.316 e. The van der Waals surface area contributed by atoms with Crippen molar-refractivity contribution in [3.05, 3.63) is 18.3 Å². The van der Waals surface area contributed by atoms with E-state index < -0.39 is 19.9 Å². The van der Waals surface area contributed by atoms with Gasteiger partial charge in [-0.2, -0.15) is 0 Å². The minimum absolute atomic E-state index is 0. The van der Waals surface area contributed by atoms with Crippen LogP contribution in [0.2, 0.25) is 0 Å². The first kappa shape index (κ1) is 20.3. The van der Waals surface area contributed by atoms with Crippen molar-refractivity contribution in [1.29, 1.82) is 0 Å². The van der Waals surface area contributed by atoms with Crippen LogP contribution in [0.15, 0.2) is 28.3 Å². The van der Waals surface area contributed by atoms with Gasteiger partial charge in [-0.05, 0) is 50.4 Å². The Bertz CT molecular complexity index is 699. The van der Waals surface area contributed by atoms with Crippen molar-refractivity contribution in [2.75, 3.05) is 25.9 Å². The van der Waals surface area contributed by atoms with Crippen LogP contribution in [-0.4, -0.2) is 47.7 Å². The summed E-state index contributed by atoms with van der Waals surface area (Å²) in [5.74, 6) is 0.488. The predicted octanol–water partition coefficient (Wildman–Crippen LogP) is 0.575. The van der Waals surface area contributed by atoms with Crippen LogP contribution in [0.4, 0.5) is 0 Å². The van der Waals surface area contributed by atoms with Crippen LogP contribution in [0.5, 0.6) is 0 Å². The molecule has 1 aromatic heterocycles.